The molecule has 0 radical (unpaired) electrons. The van der Waals surface area contributed by atoms with E-state index >= 15 is 0 Å². The van der Waals surface area contributed by atoms with Gasteiger partial charge >= 0.3 is 0 Å². The van der Waals surface area contributed by atoms with Gasteiger partial charge in [-0.1, -0.05) is 13.8 Å². The van der Waals surface area contributed by atoms with E-state index in [4.69, 9.17) is 0 Å². The van der Waals surface area contributed by atoms with Gasteiger partial charge in [-0.25, -0.2) is 4.39 Å². The van der Waals surface area contributed by atoms with Crippen LogP contribution in [0.5, 0.6) is 0 Å². The SMILES string of the molecule is CC.OC[C@@]12CCCN1C/C(=C\F)C2. The van der Waals surface area contributed by atoms with E-state index in [1.807, 2.05) is 13.8 Å². The predicted molar refractivity (Wildman–Crippen MR) is 55.8 cm³/mol. The number of fused-ring (bicyclic) bond motifs is 1. The summed E-state index contributed by atoms with van der Waals surface area (Å²) >= 11 is 0. The van der Waals surface area contributed by atoms with Crippen LogP contribution in [0.15, 0.2) is 11.9 Å². The van der Waals surface area contributed by atoms with E-state index in [2.05, 4.69) is 4.90 Å². The van der Waals surface area contributed by atoms with Crippen LogP contribution in [0.2, 0.25) is 0 Å². The summed E-state index contributed by atoms with van der Waals surface area (Å²) in [5, 5.41) is 9.25. The number of nitrogens with zero attached hydrogens (tertiary/aromatic N) is 1. The van der Waals surface area contributed by atoms with Crippen molar-refractivity contribution in [2.75, 3.05) is 19.7 Å². The summed E-state index contributed by atoms with van der Waals surface area (Å²) < 4.78 is 12.2. The summed E-state index contributed by atoms with van der Waals surface area (Å²) in [5.41, 5.74) is 0.738. The molecule has 2 rings (SSSR count). The normalized spacial score (nSPS) is 34.1. The van der Waals surface area contributed by atoms with Gasteiger partial charge in [0.2, 0.25) is 0 Å². The Morgan fingerprint density at radius 1 is 1.57 bits per heavy atom. The van der Waals surface area contributed by atoms with Crippen molar-refractivity contribution in [3.63, 3.8) is 0 Å². The van der Waals surface area contributed by atoms with Gasteiger partial charge in [0.1, 0.15) is 0 Å². The molecule has 0 amide bonds. The number of hydrogen-bond acceptors (Lipinski definition) is 2. The molecule has 82 valence electrons. The molecule has 2 nitrogen and oxygen atoms in total. The fourth-order valence-electron chi connectivity index (χ4n) is 2.47. The molecule has 0 unspecified atom stereocenters. The molecule has 2 fully saturated rings. The van der Waals surface area contributed by atoms with Gasteiger partial charge in [0.25, 0.3) is 0 Å². The Kier molecular flexibility index (Phi) is 4.08. The van der Waals surface area contributed by atoms with Crippen LogP contribution in [0, 0.1) is 0 Å². The molecule has 2 aliphatic heterocycles. The molecule has 14 heavy (non-hydrogen) atoms. The molecule has 2 saturated heterocycles. The lowest BCUT2D eigenvalue weighted by atomic mass is 9.94. The molecule has 0 saturated carbocycles. The molecule has 2 heterocycles. The Labute approximate surface area is 85.4 Å². The van der Waals surface area contributed by atoms with Gasteiger partial charge in [-0.05, 0) is 31.4 Å². The molecule has 0 aliphatic carbocycles. The first kappa shape index (κ1) is 11.7. The maximum absolute atomic E-state index is 12.2. The first-order valence-corrected chi connectivity index (χ1v) is 5.45. The van der Waals surface area contributed by atoms with Crippen LogP contribution in [0.3, 0.4) is 0 Å². The minimum atomic E-state index is -0.0993. The van der Waals surface area contributed by atoms with Crippen molar-refractivity contribution in [1.82, 2.24) is 4.90 Å². The topological polar surface area (TPSA) is 23.5 Å². The van der Waals surface area contributed by atoms with Crippen LogP contribution in [-0.2, 0) is 0 Å². The monoisotopic (exact) mass is 201 g/mol. The number of aliphatic hydroxyl groups is 1. The third kappa shape index (κ3) is 1.84. The largest absolute Gasteiger partial charge is 0.394 e. The maximum Gasteiger partial charge on any atom is 0.0872 e. The van der Waals surface area contributed by atoms with E-state index in [1.54, 1.807) is 0 Å². The van der Waals surface area contributed by atoms with E-state index < -0.39 is 0 Å². The van der Waals surface area contributed by atoms with Gasteiger partial charge in [0.05, 0.1) is 12.9 Å². The van der Waals surface area contributed by atoms with Crippen molar-refractivity contribution in [3.8, 4) is 0 Å². The summed E-state index contributed by atoms with van der Waals surface area (Å²) in [7, 11) is 0. The van der Waals surface area contributed by atoms with E-state index in [9.17, 15) is 9.50 Å². The lowest BCUT2D eigenvalue weighted by Gasteiger charge is -2.28. The lowest BCUT2D eigenvalue weighted by molar-refractivity contribution is 0.1000. The van der Waals surface area contributed by atoms with E-state index in [0.717, 1.165) is 37.9 Å². The number of aliphatic hydroxyl groups excluding tert-OH is 1. The summed E-state index contributed by atoms with van der Waals surface area (Å²) in [4.78, 5) is 2.21. The Balaban J connectivity index is 0.000000461. The van der Waals surface area contributed by atoms with Crippen molar-refractivity contribution >= 4 is 0 Å². The van der Waals surface area contributed by atoms with Crippen molar-refractivity contribution in [1.29, 1.82) is 0 Å². The molecular formula is C11H20FNO. The highest BCUT2D eigenvalue weighted by Crippen LogP contribution is 2.40. The van der Waals surface area contributed by atoms with E-state index in [1.165, 1.54) is 0 Å². The van der Waals surface area contributed by atoms with Crippen LogP contribution in [0.4, 0.5) is 4.39 Å². The molecule has 3 heteroatoms. The fraction of sp³-hybridized carbons (Fsp3) is 0.818. The Morgan fingerprint density at radius 3 is 2.79 bits per heavy atom. The standard InChI is InChI=1S/C9H14FNO.C2H6/c10-5-8-4-9(7-12)2-1-3-11(9)6-8;1-2/h5,12H,1-4,6-7H2;1-2H3/b8-5-;/t9-;/m0./s1. The van der Waals surface area contributed by atoms with Crippen LogP contribution in [0.1, 0.15) is 33.1 Å². The highest BCUT2D eigenvalue weighted by Gasteiger charge is 2.45. The van der Waals surface area contributed by atoms with Crippen molar-refractivity contribution < 1.29 is 9.50 Å². The molecular weight excluding hydrogens is 181 g/mol. The average Bonchev–Trinajstić information content (AvgIpc) is 2.76. The molecule has 1 N–H and O–H groups in total. The lowest BCUT2D eigenvalue weighted by Crippen LogP contribution is -2.41. The van der Waals surface area contributed by atoms with Gasteiger partial charge in [-0.15, -0.1) is 0 Å². The molecule has 0 aromatic rings. The van der Waals surface area contributed by atoms with Crippen molar-refractivity contribution in [3.05, 3.63) is 11.9 Å². The fourth-order valence-corrected chi connectivity index (χ4v) is 2.47. The van der Waals surface area contributed by atoms with Crippen LogP contribution < -0.4 is 0 Å². The van der Waals surface area contributed by atoms with Gasteiger partial charge in [-0.2, -0.15) is 0 Å². The van der Waals surface area contributed by atoms with Crippen LogP contribution in [-0.4, -0.2) is 35.2 Å². The first-order chi connectivity index (χ1) is 6.80. The van der Waals surface area contributed by atoms with Crippen molar-refractivity contribution in [2.24, 2.45) is 0 Å². The van der Waals surface area contributed by atoms with Gasteiger partial charge < -0.3 is 5.11 Å². The number of rotatable bonds is 1. The highest BCUT2D eigenvalue weighted by atomic mass is 19.1. The molecule has 0 bridgehead atoms. The van der Waals surface area contributed by atoms with Gasteiger partial charge in [0, 0.05) is 12.1 Å². The molecule has 0 aromatic heterocycles. The van der Waals surface area contributed by atoms with E-state index in [0.29, 0.717) is 6.33 Å². The molecule has 2 aliphatic rings. The molecule has 0 spiro atoms. The second kappa shape index (κ2) is 4.89. The zero-order valence-corrected chi connectivity index (χ0v) is 9.09. The Hall–Kier alpha value is -0.410. The zero-order chi connectivity index (χ0) is 10.6. The van der Waals surface area contributed by atoms with Crippen LogP contribution >= 0.6 is 0 Å². The number of halogens is 1. The van der Waals surface area contributed by atoms with E-state index in [-0.39, 0.29) is 12.1 Å². The Morgan fingerprint density at radius 2 is 2.29 bits per heavy atom. The minimum Gasteiger partial charge on any atom is -0.394 e. The summed E-state index contributed by atoms with van der Waals surface area (Å²) in [6.07, 6.45) is 3.58. The molecule has 0 aromatic carbocycles. The quantitative estimate of drug-likeness (QED) is 0.702. The third-order valence-corrected chi connectivity index (χ3v) is 3.14. The maximum atomic E-state index is 12.2. The second-order valence-electron chi connectivity index (χ2n) is 3.85. The Bertz CT molecular complexity index is 217. The van der Waals surface area contributed by atoms with Gasteiger partial charge in [0.15, 0.2) is 0 Å². The predicted octanol–water partition coefficient (Wildman–Crippen LogP) is 2.10. The third-order valence-electron chi connectivity index (χ3n) is 3.14. The number of hydrogen-bond donors (Lipinski definition) is 1. The van der Waals surface area contributed by atoms with Crippen molar-refractivity contribution in [2.45, 2.75) is 38.6 Å². The zero-order valence-electron chi connectivity index (χ0n) is 9.09. The highest BCUT2D eigenvalue weighted by molar-refractivity contribution is 5.18. The van der Waals surface area contributed by atoms with Crippen LogP contribution in [0.25, 0.3) is 0 Å². The first-order valence-electron chi connectivity index (χ1n) is 5.45. The summed E-state index contributed by atoms with van der Waals surface area (Å²) in [6.45, 7) is 5.90. The average molecular weight is 201 g/mol. The minimum absolute atomic E-state index is 0.0993. The smallest absolute Gasteiger partial charge is 0.0872 e. The summed E-state index contributed by atoms with van der Waals surface area (Å²) in [5.74, 6) is 0. The summed E-state index contributed by atoms with van der Waals surface area (Å²) in [6, 6.07) is 0. The molecule has 1 atom stereocenters. The second-order valence-corrected chi connectivity index (χ2v) is 3.85. The van der Waals surface area contributed by atoms with Gasteiger partial charge in [-0.3, -0.25) is 4.90 Å².